The molecule has 1 fully saturated rings. The summed E-state index contributed by atoms with van der Waals surface area (Å²) in [5, 5.41) is 22.6. The molecule has 0 radical (unpaired) electrons. The first-order valence-corrected chi connectivity index (χ1v) is 17.0. The van der Waals surface area contributed by atoms with E-state index in [1.165, 1.54) is 21.8 Å². The molecule has 0 amide bonds. The molecule has 0 bridgehead atoms. The van der Waals surface area contributed by atoms with Gasteiger partial charge in [-0.15, -0.1) is 0 Å². The van der Waals surface area contributed by atoms with Crippen LogP contribution in [0.1, 0.15) is 33.3 Å². The largest absolute Gasteiger partial charge is 0.497 e. The Morgan fingerprint density at radius 2 is 1.36 bits per heavy atom. The van der Waals surface area contributed by atoms with Crippen molar-refractivity contribution >= 4 is 17.1 Å². The van der Waals surface area contributed by atoms with Gasteiger partial charge in [0.05, 0.1) is 39.3 Å². The standard InChI is InChI=1S/C40H38N4O9/c1-49-30-17-13-28(14-18-30)40(27-11-7-4-8-12-27,29-15-19-31(50-2)20-16-29)52-23-32-34(45)35(46)38(53-32)44-25-41-33-36(44)42-24-43(37(33)47)21-22-51-39(48)26-9-5-3-6-10-26/h3-20,24-25,32,34-35,38,45-46H,21-23H2,1-2H3/t32-,34-,35-,38-/m1/s1. The van der Waals surface area contributed by atoms with Gasteiger partial charge in [-0.3, -0.25) is 13.9 Å². The van der Waals surface area contributed by atoms with E-state index >= 15 is 0 Å². The number of hydrogen-bond acceptors (Lipinski definition) is 11. The lowest BCUT2D eigenvalue weighted by Crippen LogP contribution is -2.39. The fraction of sp³-hybridized carbons (Fsp3) is 0.250. The minimum atomic E-state index is -1.41. The number of rotatable bonds is 13. The third kappa shape index (κ3) is 6.90. The number of carbonyl (C=O) groups excluding carboxylic acids is 1. The number of methoxy groups -OCH3 is 2. The highest BCUT2D eigenvalue weighted by molar-refractivity contribution is 5.89. The third-order valence-electron chi connectivity index (χ3n) is 9.37. The average molecular weight is 719 g/mol. The van der Waals surface area contributed by atoms with Gasteiger partial charge in [-0.05, 0) is 53.1 Å². The van der Waals surface area contributed by atoms with E-state index < -0.39 is 41.7 Å². The molecule has 7 rings (SSSR count). The molecular formula is C40H38N4O9. The van der Waals surface area contributed by atoms with Crippen molar-refractivity contribution in [3.63, 3.8) is 0 Å². The molecule has 13 heteroatoms. The van der Waals surface area contributed by atoms with Crippen LogP contribution < -0.4 is 15.0 Å². The van der Waals surface area contributed by atoms with Crippen LogP contribution in [-0.4, -0.2) is 81.0 Å². The van der Waals surface area contributed by atoms with Crippen LogP contribution in [0.5, 0.6) is 11.5 Å². The summed E-state index contributed by atoms with van der Waals surface area (Å²) in [5.74, 6) is 0.839. The number of carbonyl (C=O) groups is 1. The number of imidazole rings is 1. The zero-order chi connectivity index (χ0) is 37.0. The topological polar surface area (TPSA) is 156 Å². The maximum atomic E-state index is 13.3. The maximum absolute atomic E-state index is 13.3. The summed E-state index contributed by atoms with van der Waals surface area (Å²) < 4.78 is 32.1. The molecule has 2 aromatic heterocycles. The molecule has 13 nitrogen and oxygen atoms in total. The molecule has 0 spiro atoms. The van der Waals surface area contributed by atoms with Crippen molar-refractivity contribution in [3.05, 3.63) is 154 Å². The van der Waals surface area contributed by atoms with Crippen molar-refractivity contribution in [1.29, 1.82) is 0 Å². The molecule has 0 saturated carbocycles. The molecule has 0 aliphatic carbocycles. The van der Waals surface area contributed by atoms with E-state index in [0.29, 0.717) is 17.1 Å². The van der Waals surface area contributed by atoms with Gasteiger partial charge in [0.15, 0.2) is 17.4 Å². The molecule has 3 heterocycles. The van der Waals surface area contributed by atoms with Crippen LogP contribution in [0, 0.1) is 0 Å². The molecule has 4 aromatic carbocycles. The summed E-state index contributed by atoms with van der Waals surface area (Å²) in [5.41, 5.74) is 1.32. The predicted molar refractivity (Wildman–Crippen MR) is 193 cm³/mol. The number of aliphatic hydroxyl groups is 2. The highest BCUT2D eigenvalue weighted by Gasteiger charge is 2.47. The van der Waals surface area contributed by atoms with Crippen molar-refractivity contribution in [2.45, 2.75) is 36.7 Å². The second kappa shape index (κ2) is 15.4. The molecule has 272 valence electrons. The number of fused-ring (bicyclic) bond motifs is 1. The van der Waals surface area contributed by atoms with Crippen molar-refractivity contribution < 1.29 is 38.7 Å². The number of benzene rings is 4. The fourth-order valence-corrected chi connectivity index (χ4v) is 6.56. The van der Waals surface area contributed by atoms with E-state index in [1.54, 1.807) is 44.6 Å². The summed E-state index contributed by atoms with van der Waals surface area (Å²) in [7, 11) is 3.20. The summed E-state index contributed by atoms with van der Waals surface area (Å²) in [6, 6.07) is 33.3. The van der Waals surface area contributed by atoms with E-state index in [0.717, 1.165) is 16.7 Å². The molecule has 1 aliphatic heterocycles. The monoisotopic (exact) mass is 718 g/mol. The SMILES string of the molecule is COc1ccc(C(OC[C@H]2O[C@@H](n3cnc4c(=O)n(CCOC(=O)c5ccccc5)cnc43)[C@H](O)[C@@H]2O)(c2ccccc2)c2ccc(OC)cc2)cc1. The fourth-order valence-electron chi connectivity index (χ4n) is 6.56. The Bertz CT molecular complexity index is 2160. The number of aliphatic hydroxyl groups excluding tert-OH is 2. The van der Waals surface area contributed by atoms with Gasteiger partial charge in [0, 0.05) is 0 Å². The van der Waals surface area contributed by atoms with Gasteiger partial charge in [0.1, 0.15) is 48.3 Å². The zero-order valence-electron chi connectivity index (χ0n) is 29.0. The minimum Gasteiger partial charge on any atom is -0.497 e. The Labute approximate surface area is 304 Å². The lowest BCUT2D eigenvalue weighted by molar-refractivity contribution is -0.0942. The Balaban J connectivity index is 1.14. The summed E-state index contributed by atoms with van der Waals surface area (Å²) >= 11 is 0. The van der Waals surface area contributed by atoms with Crippen molar-refractivity contribution in [3.8, 4) is 11.5 Å². The summed E-state index contributed by atoms with van der Waals surface area (Å²) in [4.78, 5) is 34.3. The number of hydrogen-bond donors (Lipinski definition) is 2. The maximum Gasteiger partial charge on any atom is 0.338 e. The summed E-state index contributed by atoms with van der Waals surface area (Å²) in [6.07, 6.45) is -2.24. The molecule has 6 aromatic rings. The first-order chi connectivity index (χ1) is 25.8. The van der Waals surface area contributed by atoms with Gasteiger partial charge in [-0.2, -0.15) is 0 Å². The van der Waals surface area contributed by atoms with Crippen LogP contribution in [0.25, 0.3) is 11.2 Å². The summed E-state index contributed by atoms with van der Waals surface area (Å²) in [6.45, 7) is -0.146. The Morgan fingerprint density at radius 1 is 0.774 bits per heavy atom. The van der Waals surface area contributed by atoms with Crippen LogP contribution in [0.3, 0.4) is 0 Å². The van der Waals surface area contributed by atoms with E-state index in [2.05, 4.69) is 9.97 Å². The van der Waals surface area contributed by atoms with E-state index in [1.807, 2.05) is 78.9 Å². The second-order valence-electron chi connectivity index (χ2n) is 12.4. The normalized spacial score (nSPS) is 18.6. The number of ether oxygens (including phenoxy) is 5. The van der Waals surface area contributed by atoms with E-state index in [-0.39, 0.29) is 30.9 Å². The van der Waals surface area contributed by atoms with E-state index in [9.17, 15) is 19.8 Å². The molecule has 1 saturated heterocycles. The van der Waals surface area contributed by atoms with Crippen LogP contribution in [0.2, 0.25) is 0 Å². The van der Waals surface area contributed by atoms with Gasteiger partial charge in [-0.25, -0.2) is 14.8 Å². The van der Waals surface area contributed by atoms with Gasteiger partial charge >= 0.3 is 5.97 Å². The van der Waals surface area contributed by atoms with Gasteiger partial charge in [0.2, 0.25) is 0 Å². The third-order valence-corrected chi connectivity index (χ3v) is 9.37. The Kier molecular flexibility index (Phi) is 10.3. The lowest BCUT2D eigenvalue weighted by atomic mass is 9.80. The van der Waals surface area contributed by atoms with Crippen LogP contribution in [0.15, 0.2) is 127 Å². The Hall–Kier alpha value is -5.86. The molecule has 1 aliphatic rings. The second-order valence-corrected chi connectivity index (χ2v) is 12.4. The quantitative estimate of drug-likeness (QED) is 0.131. The van der Waals surface area contributed by atoms with Crippen LogP contribution in [0.4, 0.5) is 0 Å². The molecule has 0 unspecified atom stereocenters. The number of nitrogens with zero attached hydrogens (tertiary/aromatic N) is 4. The van der Waals surface area contributed by atoms with E-state index in [4.69, 9.17) is 23.7 Å². The highest BCUT2D eigenvalue weighted by atomic mass is 16.6. The van der Waals surface area contributed by atoms with Gasteiger partial charge < -0.3 is 33.9 Å². The van der Waals surface area contributed by atoms with Gasteiger partial charge in [-0.1, -0.05) is 72.8 Å². The minimum absolute atomic E-state index is 0.0222. The predicted octanol–water partition coefficient (Wildman–Crippen LogP) is 4.10. The van der Waals surface area contributed by atoms with Crippen molar-refractivity contribution in [1.82, 2.24) is 19.1 Å². The first kappa shape index (κ1) is 35.5. The van der Waals surface area contributed by atoms with Crippen molar-refractivity contribution in [2.75, 3.05) is 27.4 Å². The highest BCUT2D eigenvalue weighted by Crippen LogP contribution is 2.43. The van der Waals surface area contributed by atoms with Crippen LogP contribution >= 0.6 is 0 Å². The number of aromatic nitrogens is 4. The first-order valence-electron chi connectivity index (χ1n) is 17.0. The average Bonchev–Trinajstić information content (AvgIpc) is 3.77. The van der Waals surface area contributed by atoms with Crippen LogP contribution in [-0.2, 0) is 26.4 Å². The molecular weight excluding hydrogens is 680 g/mol. The lowest BCUT2D eigenvalue weighted by Gasteiger charge is -2.37. The van der Waals surface area contributed by atoms with Crippen molar-refractivity contribution in [2.24, 2.45) is 0 Å². The molecule has 2 N–H and O–H groups in total. The smallest absolute Gasteiger partial charge is 0.338 e. The molecule has 4 atom stereocenters. The Morgan fingerprint density at radius 3 is 1.96 bits per heavy atom. The zero-order valence-corrected chi connectivity index (χ0v) is 29.0. The number of esters is 1. The molecule has 53 heavy (non-hydrogen) atoms. The van der Waals surface area contributed by atoms with Gasteiger partial charge in [0.25, 0.3) is 5.56 Å².